The van der Waals surface area contributed by atoms with E-state index in [1.165, 1.54) is 0 Å². The van der Waals surface area contributed by atoms with Gasteiger partial charge in [-0.1, -0.05) is 0 Å². The van der Waals surface area contributed by atoms with Crippen molar-refractivity contribution < 1.29 is 21.6 Å². The Morgan fingerprint density at radius 3 is 1.73 bits per heavy atom. The van der Waals surface area contributed by atoms with Crippen molar-refractivity contribution in [3.05, 3.63) is 0 Å². The third kappa shape index (κ3) is 1.36. The topological polar surface area (TPSA) is 34.1 Å². The summed E-state index contributed by atoms with van der Waals surface area (Å²) in [5.41, 5.74) is -2.90. The SMILES string of the molecule is CC1(F)CS(=O)(=O)CC1(F)F. The van der Waals surface area contributed by atoms with Crippen molar-refractivity contribution in [3.63, 3.8) is 0 Å². The smallest absolute Gasteiger partial charge is 0.236 e. The van der Waals surface area contributed by atoms with Gasteiger partial charge in [0, 0.05) is 0 Å². The maximum atomic E-state index is 12.8. The molecule has 6 heteroatoms. The Labute approximate surface area is 62.3 Å². The summed E-state index contributed by atoms with van der Waals surface area (Å²) in [4.78, 5) is 0. The van der Waals surface area contributed by atoms with E-state index in [0.29, 0.717) is 6.92 Å². The lowest BCUT2D eigenvalue weighted by atomic mass is 10.1. The van der Waals surface area contributed by atoms with Crippen LogP contribution in [0.3, 0.4) is 0 Å². The lowest BCUT2D eigenvalue weighted by Gasteiger charge is -2.19. The molecule has 0 spiro atoms. The molecule has 1 aliphatic rings. The minimum absolute atomic E-state index is 0.609. The van der Waals surface area contributed by atoms with Crippen LogP contribution in [0.1, 0.15) is 6.92 Å². The summed E-state index contributed by atoms with van der Waals surface area (Å²) in [5, 5.41) is 0. The van der Waals surface area contributed by atoms with Crippen molar-refractivity contribution in [1.29, 1.82) is 0 Å². The van der Waals surface area contributed by atoms with E-state index in [9.17, 15) is 21.6 Å². The highest BCUT2D eigenvalue weighted by atomic mass is 32.2. The predicted molar refractivity (Wildman–Crippen MR) is 33.1 cm³/mol. The molecular formula is C5H7F3O2S. The normalized spacial score (nSPS) is 40.7. The number of hydrogen-bond acceptors (Lipinski definition) is 2. The second-order valence-electron chi connectivity index (χ2n) is 2.93. The van der Waals surface area contributed by atoms with E-state index >= 15 is 0 Å². The molecule has 0 aliphatic carbocycles. The molecule has 0 aromatic heterocycles. The molecule has 1 atom stereocenters. The van der Waals surface area contributed by atoms with Gasteiger partial charge < -0.3 is 0 Å². The first-order chi connectivity index (χ1) is 4.66. The van der Waals surface area contributed by atoms with Crippen LogP contribution in [0, 0.1) is 0 Å². The van der Waals surface area contributed by atoms with Gasteiger partial charge in [-0.15, -0.1) is 0 Å². The predicted octanol–water partition coefficient (Wildman–Crippen LogP) is 0.778. The van der Waals surface area contributed by atoms with Gasteiger partial charge in [0.1, 0.15) is 5.75 Å². The third-order valence-corrected chi connectivity index (χ3v) is 3.44. The standard InChI is InChI=1S/C5H7F3O2S/c1-4(6)2-11(9,10)3-5(4,7)8/h2-3H2,1H3. The lowest BCUT2D eigenvalue weighted by Crippen LogP contribution is -2.39. The van der Waals surface area contributed by atoms with E-state index in [1.54, 1.807) is 0 Å². The van der Waals surface area contributed by atoms with Crippen molar-refractivity contribution in [2.75, 3.05) is 11.5 Å². The maximum Gasteiger partial charge on any atom is 0.295 e. The summed E-state index contributed by atoms with van der Waals surface area (Å²) in [6, 6.07) is 0. The molecule has 2 nitrogen and oxygen atoms in total. The van der Waals surface area contributed by atoms with Crippen molar-refractivity contribution in [2.45, 2.75) is 18.5 Å². The van der Waals surface area contributed by atoms with E-state index in [-0.39, 0.29) is 0 Å². The highest BCUT2D eigenvalue weighted by molar-refractivity contribution is 7.91. The van der Waals surface area contributed by atoms with Gasteiger partial charge in [-0.3, -0.25) is 0 Å². The number of alkyl halides is 3. The van der Waals surface area contributed by atoms with Gasteiger partial charge in [0.05, 0.1) is 5.75 Å². The number of hydrogen-bond donors (Lipinski definition) is 0. The minimum atomic E-state index is -3.89. The highest BCUT2D eigenvalue weighted by Gasteiger charge is 2.61. The Morgan fingerprint density at radius 1 is 1.18 bits per heavy atom. The van der Waals surface area contributed by atoms with Crippen molar-refractivity contribution in [1.82, 2.24) is 0 Å². The molecule has 0 aromatic rings. The molecular weight excluding hydrogens is 181 g/mol. The van der Waals surface area contributed by atoms with Crippen molar-refractivity contribution >= 4 is 9.84 Å². The molecule has 1 heterocycles. The molecule has 1 fully saturated rings. The van der Waals surface area contributed by atoms with E-state index < -0.39 is 32.9 Å². The van der Waals surface area contributed by atoms with Crippen LogP contribution < -0.4 is 0 Å². The Kier molecular flexibility index (Phi) is 1.53. The molecule has 1 rings (SSSR count). The molecule has 0 amide bonds. The zero-order chi connectivity index (χ0) is 8.91. The summed E-state index contributed by atoms with van der Waals surface area (Å²) in [6.07, 6.45) is 0. The number of halogens is 3. The van der Waals surface area contributed by atoms with E-state index in [1.807, 2.05) is 0 Å². The highest BCUT2D eigenvalue weighted by Crippen LogP contribution is 2.40. The fraction of sp³-hybridized carbons (Fsp3) is 1.00. The number of sulfone groups is 1. The first-order valence-electron chi connectivity index (χ1n) is 2.93. The molecule has 0 bridgehead atoms. The van der Waals surface area contributed by atoms with Gasteiger partial charge in [0.15, 0.2) is 15.5 Å². The quantitative estimate of drug-likeness (QED) is 0.563. The second kappa shape index (κ2) is 1.91. The molecule has 0 N–H and O–H groups in total. The fourth-order valence-corrected chi connectivity index (χ4v) is 2.99. The van der Waals surface area contributed by atoms with Crippen molar-refractivity contribution in [2.24, 2.45) is 0 Å². The van der Waals surface area contributed by atoms with Crippen LogP contribution >= 0.6 is 0 Å². The number of rotatable bonds is 0. The van der Waals surface area contributed by atoms with E-state index in [2.05, 4.69) is 0 Å². The van der Waals surface area contributed by atoms with E-state index in [4.69, 9.17) is 0 Å². The first-order valence-corrected chi connectivity index (χ1v) is 4.76. The fourth-order valence-electron chi connectivity index (χ4n) is 0.996. The summed E-state index contributed by atoms with van der Waals surface area (Å²) in [7, 11) is -3.89. The van der Waals surface area contributed by atoms with Crippen LogP contribution in [0.5, 0.6) is 0 Å². The lowest BCUT2D eigenvalue weighted by molar-refractivity contribution is -0.0894. The van der Waals surface area contributed by atoms with Crippen LogP contribution in [-0.2, 0) is 9.84 Å². The monoisotopic (exact) mass is 188 g/mol. The van der Waals surface area contributed by atoms with Crippen LogP contribution in [0.25, 0.3) is 0 Å². The van der Waals surface area contributed by atoms with Gasteiger partial charge >= 0.3 is 0 Å². The molecule has 0 aromatic carbocycles. The Morgan fingerprint density at radius 2 is 1.64 bits per heavy atom. The van der Waals surface area contributed by atoms with Crippen LogP contribution in [0.15, 0.2) is 0 Å². The Bertz CT molecular complexity index is 245. The van der Waals surface area contributed by atoms with E-state index in [0.717, 1.165) is 0 Å². The average Bonchev–Trinajstić information content (AvgIpc) is 1.66. The summed E-state index contributed by atoms with van der Waals surface area (Å²) >= 11 is 0. The van der Waals surface area contributed by atoms with Gasteiger partial charge in [-0.2, -0.15) is 0 Å². The van der Waals surface area contributed by atoms with Gasteiger partial charge in [-0.25, -0.2) is 21.6 Å². The Hall–Kier alpha value is -0.260. The van der Waals surface area contributed by atoms with Crippen LogP contribution in [0.4, 0.5) is 13.2 Å². The van der Waals surface area contributed by atoms with Crippen LogP contribution in [-0.4, -0.2) is 31.5 Å². The molecule has 1 saturated heterocycles. The molecule has 0 saturated carbocycles. The molecule has 0 radical (unpaired) electrons. The van der Waals surface area contributed by atoms with Gasteiger partial charge in [-0.05, 0) is 6.92 Å². The summed E-state index contributed by atoms with van der Waals surface area (Å²) in [6.45, 7) is 0.609. The first kappa shape index (κ1) is 8.83. The third-order valence-electron chi connectivity index (χ3n) is 1.65. The average molecular weight is 188 g/mol. The largest absolute Gasteiger partial charge is 0.295 e. The van der Waals surface area contributed by atoms with Crippen molar-refractivity contribution in [3.8, 4) is 0 Å². The second-order valence-corrected chi connectivity index (χ2v) is 5.00. The molecule has 1 unspecified atom stereocenters. The maximum absolute atomic E-state index is 12.8. The molecule has 11 heavy (non-hydrogen) atoms. The van der Waals surface area contributed by atoms with Crippen LogP contribution in [0.2, 0.25) is 0 Å². The molecule has 66 valence electrons. The Balaban J connectivity index is 3.08. The summed E-state index contributed by atoms with van der Waals surface area (Å²) in [5.74, 6) is -6.17. The summed E-state index contributed by atoms with van der Waals surface area (Å²) < 4.78 is 58.8. The zero-order valence-electron chi connectivity index (χ0n) is 5.77. The zero-order valence-corrected chi connectivity index (χ0v) is 6.59. The van der Waals surface area contributed by atoms with Gasteiger partial charge in [0.2, 0.25) is 0 Å². The van der Waals surface area contributed by atoms with Gasteiger partial charge in [0.25, 0.3) is 5.92 Å². The molecule has 1 aliphatic heterocycles. The minimum Gasteiger partial charge on any atom is -0.236 e.